The van der Waals surface area contributed by atoms with E-state index in [4.69, 9.17) is 5.11 Å². The summed E-state index contributed by atoms with van der Waals surface area (Å²) in [5.74, 6) is -1.30. The highest BCUT2D eigenvalue weighted by Gasteiger charge is 2.16. The van der Waals surface area contributed by atoms with Crippen LogP contribution in [0, 0.1) is 6.92 Å². The molecule has 7 nitrogen and oxygen atoms in total. The molecule has 0 radical (unpaired) electrons. The summed E-state index contributed by atoms with van der Waals surface area (Å²) >= 11 is 0. The minimum atomic E-state index is -0.946. The Balaban J connectivity index is 2.10. The predicted molar refractivity (Wildman–Crippen MR) is 75.3 cm³/mol. The zero-order chi connectivity index (χ0) is 15.4. The number of carbonyl (C=O) groups excluding carboxylic acids is 1. The lowest BCUT2D eigenvalue weighted by atomic mass is 10.2. The highest BCUT2D eigenvalue weighted by Crippen LogP contribution is 2.09. The monoisotopic (exact) mass is 288 g/mol. The smallest absolute Gasteiger partial charge is 0.305 e. The lowest BCUT2D eigenvalue weighted by Crippen LogP contribution is -2.29. The van der Waals surface area contributed by atoms with E-state index in [-0.39, 0.29) is 24.6 Å². The SMILES string of the molecule is Cc1ccc(-n2cc(C(=O)N(C)CCC(=O)O)nn2)cc1. The van der Waals surface area contributed by atoms with Crippen molar-refractivity contribution >= 4 is 11.9 Å². The first-order valence-corrected chi connectivity index (χ1v) is 6.44. The Morgan fingerprint density at radius 2 is 1.95 bits per heavy atom. The quantitative estimate of drug-likeness (QED) is 0.890. The summed E-state index contributed by atoms with van der Waals surface area (Å²) in [6.45, 7) is 2.11. The van der Waals surface area contributed by atoms with E-state index >= 15 is 0 Å². The molecule has 0 unspecified atom stereocenters. The van der Waals surface area contributed by atoms with Gasteiger partial charge in [-0.1, -0.05) is 22.9 Å². The number of carbonyl (C=O) groups is 2. The molecule has 1 aromatic carbocycles. The lowest BCUT2D eigenvalue weighted by molar-refractivity contribution is -0.137. The van der Waals surface area contributed by atoms with Crippen molar-refractivity contribution in [1.82, 2.24) is 19.9 Å². The summed E-state index contributed by atoms with van der Waals surface area (Å²) in [4.78, 5) is 23.9. The van der Waals surface area contributed by atoms with E-state index in [0.717, 1.165) is 11.3 Å². The van der Waals surface area contributed by atoms with Gasteiger partial charge in [0.15, 0.2) is 5.69 Å². The second kappa shape index (κ2) is 6.17. The van der Waals surface area contributed by atoms with Crippen LogP contribution in [0.1, 0.15) is 22.5 Å². The van der Waals surface area contributed by atoms with Crippen molar-refractivity contribution in [2.75, 3.05) is 13.6 Å². The Morgan fingerprint density at radius 1 is 1.29 bits per heavy atom. The number of benzene rings is 1. The number of hydrogen-bond donors (Lipinski definition) is 1. The Hall–Kier alpha value is -2.70. The highest BCUT2D eigenvalue weighted by atomic mass is 16.4. The molecule has 110 valence electrons. The van der Waals surface area contributed by atoms with E-state index in [9.17, 15) is 9.59 Å². The summed E-state index contributed by atoms with van der Waals surface area (Å²) in [6, 6.07) is 7.65. The van der Waals surface area contributed by atoms with E-state index in [1.165, 1.54) is 22.8 Å². The van der Waals surface area contributed by atoms with Gasteiger partial charge in [-0.3, -0.25) is 9.59 Å². The molecule has 7 heteroatoms. The summed E-state index contributed by atoms with van der Waals surface area (Å²) in [6.07, 6.45) is 1.43. The standard InChI is InChI=1S/C14H16N4O3/c1-10-3-5-11(6-4-10)18-9-12(15-16-18)14(21)17(2)8-7-13(19)20/h3-6,9H,7-8H2,1-2H3,(H,19,20). The van der Waals surface area contributed by atoms with Crippen LogP contribution in [-0.4, -0.2) is 50.5 Å². The van der Waals surface area contributed by atoms with Gasteiger partial charge in [0.1, 0.15) is 0 Å². The van der Waals surface area contributed by atoms with E-state index < -0.39 is 5.97 Å². The summed E-state index contributed by atoms with van der Waals surface area (Å²) in [7, 11) is 1.54. The van der Waals surface area contributed by atoms with E-state index in [2.05, 4.69) is 10.3 Å². The number of aryl methyl sites for hydroxylation is 1. The van der Waals surface area contributed by atoms with Crippen molar-refractivity contribution in [2.24, 2.45) is 0 Å². The molecule has 0 saturated carbocycles. The predicted octanol–water partition coefficient (Wildman–Crippen LogP) is 1.12. The molecular weight excluding hydrogens is 272 g/mol. The van der Waals surface area contributed by atoms with Crippen molar-refractivity contribution < 1.29 is 14.7 Å². The minimum Gasteiger partial charge on any atom is -0.481 e. The van der Waals surface area contributed by atoms with E-state index in [1.807, 2.05) is 31.2 Å². The molecule has 0 bridgehead atoms. The Bertz CT molecular complexity index is 648. The molecule has 0 aliphatic rings. The van der Waals surface area contributed by atoms with Crippen molar-refractivity contribution in [3.8, 4) is 5.69 Å². The fourth-order valence-electron chi connectivity index (χ4n) is 1.75. The molecule has 1 aromatic heterocycles. The molecule has 0 aliphatic carbocycles. The molecule has 0 aliphatic heterocycles. The van der Waals surface area contributed by atoms with Gasteiger partial charge < -0.3 is 10.0 Å². The van der Waals surface area contributed by atoms with Crippen LogP contribution in [0.3, 0.4) is 0 Å². The van der Waals surface area contributed by atoms with Gasteiger partial charge in [0.25, 0.3) is 5.91 Å². The summed E-state index contributed by atoms with van der Waals surface area (Å²) < 4.78 is 1.51. The Morgan fingerprint density at radius 3 is 2.57 bits per heavy atom. The molecule has 0 atom stereocenters. The molecule has 1 N–H and O–H groups in total. The van der Waals surface area contributed by atoms with Gasteiger partial charge in [0.2, 0.25) is 0 Å². The topological polar surface area (TPSA) is 88.3 Å². The number of carboxylic acid groups (broad SMARTS) is 1. The molecular formula is C14H16N4O3. The van der Waals surface area contributed by atoms with Gasteiger partial charge in [-0.2, -0.15) is 0 Å². The van der Waals surface area contributed by atoms with Crippen LogP contribution in [0.5, 0.6) is 0 Å². The lowest BCUT2D eigenvalue weighted by Gasteiger charge is -2.13. The van der Waals surface area contributed by atoms with Crippen LogP contribution >= 0.6 is 0 Å². The summed E-state index contributed by atoms with van der Waals surface area (Å²) in [5.41, 5.74) is 2.12. The number of hydrogen-bond acceptors (Lipinski definition) is 4. The maximum Gasteiger partial charge on any atom is 0.305 e. The van der Waals surface area contributed by atoms with Crippen LogP contribution < -0.4 is 0 Å². The number of rotatable bonds is 5. The third kappa shape index (κ3) is 3.65. The minimum absolute atomic E-state index is 0.103. The number of nitrogens with zero attached hydrogens (tertiary/aromatic N) is 4. The number of aromatic nitrogens is 3. The Labute approximate surface area is 121 Å². The summed E-state index contributed by atoms with van der Waals surface area (Å²) in [5, 5.41) is 16.4. The average molecular weight is 288 g/mol. The first kappa shape index (κ1) is 14.7. The van der Waals surface area contributed by atoms with E-state index in [1.54, 1.807) is 0 Å². The first-order chi connectivity index (χ1) is 9.97. The van der Waals surface area contributed by atoms with Gasteiger partial charge in [-0.15, -0.1) is 5.10 Å². The molecule has 1 amide bonds. The van der Waals surface area contributed by atoms with E-state index in [0.29, 0.717) is 0 Å². The highest BCUT2D eigenvalue weighted by molar-refractivity contribution is 5.92. The molecule has 2 rings (SSSR count). The van der Waals surface area contributed by atoms with Gasteiger partial charge in [-0.25, -0.2) is 4.68 Å². The van der Waals surface area contributed by atoms with Crippen LogP contribution in [-0.2, 0) is 4.79 Å². The fourth-order valence-corrected chi connectivity index (χ4v) is 1.75. The van der Waals surface area contributed by atoms with Crippen molar-refractivity contribution in [1.29, 1.82) is 0 Å². The maximum atomic E-state index is 12.1. The molecule has 2 aromatic rings. The van der Waals surface area contributed by atoms with Crippen LogP contribution in [0.15, 0.2) is 30.5 Å². The molecule has 0 fully saturated rings. The largest absolute Gasteiger partial charge is 0.481 e. The Kier molecular flexibility index (Phi) is 4.32. The van der Waals surface area contributed by atoms with Crippen molar-refractivity contribution in [2.45, 2.75) is 13.3 Å². The van der Waals surface area contributed by atoms with Gasteiger partial charge in [0.05, 0.1) is 18.3 Å². The van der Waals surface area contributed by atoms with Gasteiger partial charge in [-0.05, 0) is 19.1 Å². The third-order valence-electron chi connectivity index (χ3n) is 3.02. The van der Waals surface area contributed by atoms with Gasteiger partial charge >= 0.3 is 5.97 Å². The second-order valence-corrected chi connectivity index (χ2v) is 4.75. The number of carboxylic acids is 1. The molecule has 0 saturated heterocycles. The fraction of sp³-hybridized carbons (Fsp3) is 0.286. The average Bonchev–Trinajstić information content (AvgIpc) is 2.94. The molecule has 1 heterocycles. The normalized spacial score (nSPS) is 10.4. The van der Waals surface area contributed by atoms with Crippen molar-refractivity contribution in [3.63, 3.8) is 0 Å². The zero-order valence-electron chi connectivity index (χ0n) is 11.9. The molecule has 21 heavy (non-hydrogen) atoms. The van der Waals surface area contributed by atoms with Crippen molar-refractivity contribution in [3.05, 3.63) is 41.7 Å². The maximum absolute atomic E-state index is 12.1. The van der Waals surface area contributed by atoms with Crippen LogP contribution in [0.4, 0.5) is 0 Å². The third-order valence-corrected chi connectivity index (χ3v) is 3.02. The first-order valence-electron chi connectivity index (χ1n) is 6.44. The number of aliphatic carboxylic acids is 1. The molecule has 0 spiro atoms. The number of amides is 1. The van der Waals surface area contributed by atoms with Crippen LogP contribution in [0.2, 0.25) is 0 Å². The van der Waals surface area contributed by atoms with Gasteiger partial charge in [0, 0.05) is 13.6 Å². The zero-order valence-corrected chi connectivity index (χ0v) is 11.9. The second-order valence-electron chi connectivity index (χ2n) is 4.75. The van der Waals surface area contributed by atoms with Crippen LogP contribution in [0.25, 0.3) is 5.69 Å².